The van der Waals surface area contributed by atoms with E-state index in [0.717, 1.165) is 35.8 Å². The Hall–Kier alpha value is -0.680. The van der Waals surface area contributed by atoms with Gasteiger partial charge in [0.05, 0.1) is 11.7 Å². The molecule has 18 heavy (non-hydrogen) atoms. The van der Waals surface area contributed by atoms with Crippen LogP contribution in [0.15, 0.2) is 6.07 Å². The normalized spacial score (nSPS) is 23.2. The fourth-order valence-corrected chi connectivity index (χ4v) is 2.75. The van der Waals surface area contributed by atoms with Gasteiger partial charge in [-0.15, -0.1) is 0 Å². The number of rotatable bonds is 2. The highest BCUT2D eigenvalue weighted by molar-refractivity contribution is 9.09. The van der Waals surface area contributed by atoms with Crippen LogP contribution in [-0.4, -0.2) is 40.1 Å². The Labute approximate surface area is 117 Å². The molecule has 4 nitrogen and oxygen atoms in total. The molecule has 2 heterocycles. The third-order valence-electron chi connectivity index (χ3n) is 2.93. The molecule has 0 aromatic carbocycles. The average molecular weight is 314 g/mol. The van der Waals surface area contributed by atoms with Crippen LogP contribution in [0.4, 0.5) is 5.82 Å². The van der Waals surface area contributed by atoms with Gasteiger partial charge in [-0.25, -0.2) is 9.97 Å². The first-order chi connectivity index (χ1) is 8.39. The smallest absolute Gasteiger partial charge is 0.132 e. The van der Waals surface area contributed by atoms with Crippen molar-refractivity contribution in [1.82, 2.24) is 9.97 Å². The minimum Gasteiger partial charge on any atom is -0.368 e. The lowest BCUT2D eigenvalue weighted by molar-refractivity contribution is -0.0726. The van der Waals surface area contributed by atoms with Gasteiger partial charge in [0.25, 0.3) is 0 Å². The molecule has 1 fully saturated rings. The van der Waals surface area contributed by atoms with Gasteiger partial charge in [-0.1, -0.05) is 15.9 Å². The van der Waals surface area contributed by atoms with Crippen molar-refractivity contribution in [1.29, 1.82) is 0 Å². The third kappa shape index (κ3) is 3.20. The summed E-state index contributed by atoms with van der Waals surface area (Å²) in [5, 5.41) is 0.843. The van der Waals surface area contributed by atoms with Crippen molar-refractivity contribution in [3.05, 3.63) is 17.6 Å². The molecule has 0 radical (unpaired) electrons. The van der Waals surface area contributed by atoms with E-state index in [9.17, 15) is 0 Å². The second-order valence-electron chi connectivity index (χ2n) is 5.45. The van der Waals surface area contributed by atoms with E-state index in [4.69, 9.17) is 4.74 Å². The molecule has 2 rings (SSSR count). The molecule has 1 saturated heterocycles. The second kappa shape index (κ2) is 5.13. The summed E-state index contributed by atoms with van der Waals surface area (Å²) < 4.78 is 6.00. The van der Waals surface area contributed by atoms with E-state index >= 15 is 0 Å². The van der Waals surface area contributed by atoms with Crippen molar-refractivity contribution in [2.45, 2.75) is 39.4 Å². The molecule has 0 aliphatic carbocycles. The van der Waals surface area contributed by atoms with Gasteiger partial charge < -0.3 is 9.64 Å². The standard InChI is InChI=1S/C13H20BrN3O/c1-9-5-12(16-10(2)15-9)17-7-11(6-14)18-13(3,4)8-17/h5,11H,6-8H2,1-4H3. The van der Waals surface area contributed by atoms with E-state index in [0.29, 0.717) is 0 Å². The minimum absolute atomic E-state index is 0.149. The highest BCUT2D eigenvalue weighted by atomic mass is 79.9. The van der Waals surface area contributed by atoms with Gasteiger partial charge in [-0.2, -0.15) is 0 Å². The number of anilines is 1. The Morgan fingerprint density at radius 1 is 1.44 bits per heavy atom. The van der Waals surface area contributed by atoms with Crippen LogP contribution in [0, 0.1) is 13.8 Å². The molecular weight excluding hydrogens is 294 g/mol. The van der Waals surface area contributed by atoms with E-state index in [1.807, 2.05) is 19.9 Å². The minimum atomic E-state index is -0.149. The lowest BCUT2D eigenvalue weighted by Crippen LogP contribution is -2.53. The van der Waals surface area contributed by atoms with Gasteiger partial charge in [0, 0.05) is 30.2 Å². The van der Waals surface area contributed by atoms with E-state index in [-0.39, 0.29) is 11.7 Å². The van der Waals surface area contributed by atoms with Crippen molar-refractivity contribution < 1.29 is 4.74 Å². The third-order valence-corrected chi connectivity index (χ3v) is 3.65. The van der Waals surface area contributed by atoms with Crippen LogP contribution >= 0.6 is 15.9 Å². The predicted molar refractivity (Wildman–Crippen MR) is 76.5 cm³/mol. The van der Waals surface area contributed by atoms with Crippen LogP contribution < -0.4 is 4.90 Å². The van der Waals surface area contributed by atoms with Gasteiger partial charge in [0.2, 0.25) is 0 Å². The van der Waals surface area contributed by atoms with Crippen LogP contribution in [0.2, 0.25) is 0 Å². The number of aromatic nitrogens is 2. The molecule has 0 bridgehead atoms. The molecule has 0 spiro atoms. The summed E-state index contributed by atoms with van der Waals surface area (Å²) >= 11 is 3.51. The van der Waals surface area contributed by atoms with Crippen LogP contribution in [-0.2, 0) is 4.74 Å². The summed E-state index contributed by atoms with van der Waals surface area (Å²) in [5.74, 6) is 1.83. The van der Waals surface area contributed by atoms with Crippen LogP contribution in [0.1, 0.15) is 25.4 Å². The highest BCUT2D eigenvalue weighted by Gasteiger charge is 2.33. The average Bonchev–Trinajstić information content (AvgIpc) is 2.25. The van der Waals surface area contributed by atoms with Crippen molar-refractivity contribution in [3.63, 3.8) is 0 Å². The molecule has 0 N–H and O–H groups in total. The maximum absolute atomic E-state index is 6.00. The van der Waals surface area contributed by atoms with Gasteiger partial charge in [-0.3, -0.25) is 0 Å². The number of aryl methyl sites for hydroxylation is 2. The molecule has 0 saturated carbocycles. The number of alkyl halides is 1. The zero-order valence-electron chi connectivity index (χ0n) is 11.4. The maximum atomic E-state index is 6.00. The summed E-state index contributed by atoms with van der Waals surface area (Å²) in [6.07, 6.45) is 0.198. The monoisotopic (exact) mass is 313 g/mol. The Morgan fingerprint density at radius 2 is 2.17 bits per heavy atom. The van der Waals surface area contributed by atoms with Gasteiger partial charge in [0.1, 0.15) is 11.6 Å². The number of hydrogen-bond acceptors (Lipinski definition) is 4. The van der Waals surface area contributed by atoms with Crippen molar-refractivity contribution in [3.8, 4) is 0 Å². The second-order valence-corrected chi connectivity index (χ2v) is 6.10. The molecule has 100 valence electrons. The van der Waals surface area contributed by atoms with E-state index in [2.05, 4.69) is 44.6 Å². The maximum Gasteiger partial charge on any atom is 0.132 e. The molecule has 1 aromatic heterocycles. The van der Waals surface area contributed by atoms with Crippen LogP contribution in [0.3, 0.4) is 0 Å². The lowest BCUT2D eigenvalue weighted by atomic mass is 10.1. The first-order valence-electron chi connectivity index (χ1n) is 6.20. The lowest BCUT2D eigenvalue weighted by Gasteiger charge is -2.43. The first-order valence-corrected chi connectivity index (χ1v) is 7.33. The Balaban J connectivity index is 2.26. The zero-order valence-corrected chi connectivity index (χ0v) is 13.0. The van der Waals surface area contributed by atoms with Crippen LogP contribution in [0.5, 0.6) is 0 Å². The summed E-state index contributed by atoms with van der Waals surface area (Å²) in [7, 11) is 0. The van der Waals surface area contributed by atoms with Crippen molar-refractivity contribution >= 4 is 21.7 Å². The number of halogens is 1. The molecule has 5 heteroatoms. The Kier molecular flexibility index (Phi) is 3.92. The fraction of sp³-hybridized carbons (Fsp3) is 0.692. The molecule has 1 aliphatic rings. The highest BCUT2D eigenvalue weighted by Crippen LogP contribution is 2.25. The fourth-order valence-electron chi connectivity index (χ4n) is 2.41. The summed E-state index contributed by atoms with van der Waals surface area (Å²) in [5.41, 5.74) is 0.862. The topological polar surface area (TPSA) is 38.2 Å². The van der Waals surface area contributed by atoms with E-state index in [1.54, 1.807) is 0 Å². The van der Waals surface area contributed by atoms with Crippen molar-refractivity contribution in [2.75, 3.05) is 23.3 Å². The largest absolute Gasteiger partial charge is 0.368 e. The van der Waals surface area contributed by atoms with Crippen molar-refractivity contribution in [2.24, 2.45) is 0 Å². The molecule has 1 unspecified atom stereocenters. The van der Waals surface area contributed by atoms with Gasteiger partial charge >= 0.3 is 0 Å². The van der Waals surface area contributed by atoms with Crippen LogP contribution in [0.25, 0.3) is 0 Å². The number of morpholine rings is 1. The van der Waals surface area contributed by atoms with E-state index in [1.165, 1.54) is 0 Å². The SMILES string of the molecule is Cc1cc(N2CC(CBr)OC(C)(C)C2)nc(C)n1. The number of hydrogen-bond donors (Lipinski definition) is 0. The Morgan fingerprint density at radius 3 is 2.78 bits per heavy atom. The van der Waals surface area contributed by atoms with E-state index < -0.39 is 0 Å². The van der Waals surface area contributed by atoms with Gasteiger partial charge in [-0.05, 0) is 27.7 Å². The number of nitrogens with zero attached hydrogens (tertiary/aromatic N) is 3. The predicted octanol–water partition coefficient (Wildman–Crippen LogP) is 2.47. The molecular formula is C13H20BrN3O. The number of ether oxygens (including phenoxy) is 1. The molecule has 1 aliphatic heterocycles. The molecule has 1 aromatic rings. The summed E-state index contributed by atoms with van der Waals surface area (Å²) in [6.45, 7) is 9.90. The Bertz CT molecular complexity index is 416. The quantitative estimate of drug-likeness (QED) is 0.786. The zero-order chi connectivity index (χ0) is 13.3. The van der Waals surface area contributed by atoms with Gasteiger partial charge in [0.15, 0.2) is 0 Å². The summed E-state index contributed by atoms with van der Waals surface area (Å²) in [6, 6.07) is 2.04. The molecule has 1 atom stereocenters. The first kappa shape index (κ1) is 13.7. The summed E-state index contributed by atoms with van der Waals surface area (Å²) in [4.78, 5) is 11.2. The molecule has 0 amide bonds.